The highest BCUT2D eigenvalue weighted by atomic mass is 35.5. The molecule has 2 aromatic carbocycles. The number of benzene rings is 2. The van der Waals surface area contributed by atoms with Gasteiger partial charge in [0.15, 0.2) is 0 Å². The molecule has 3 aromatic rings. The summed E-state index contributed by atoms with van der Waals surface area (Å²) in [5.74, 6) is 0.625. The van der Waals surface area contributed by atoms with Gasteiger partial charge in [0.25, 0.3) is 0 Å². The highest BCUT2D eigenvalue weighted by Gasteiger charge is 2.46. The van der Waals surface area contributed by atoms with E-state index in [0.29, 0.717) is 34.6 Å². The SMILES string of the molecule is CCN(CC)P1(=S)c2c(C)nn(-c3ccccc3)c2NC(=O)N1c1ccc(Cl)c(Cl)c1. The van der Waals surface area contributed by atoms with Gasteiger partial charge in [0.05, 0.1) is 32.4 Å². The Morgan fingerprint density at radius 1 is 1.06 bits per heavy atom. The average Bonchev–Trinajstić information content (AvgIpc) is 3.08. The third kappa shape index (κ3) is 3.59. The Morgan fingerprint density at radius 2 is 1.74 bits per heavy atom. The van der Waals surface area contributed by atoms with Crippen molar-refractivity contribution in [2.45, 2.75) is 20.8 Å². The predicted octanol–water partition coefficient (Wildman–Crippen LogP) is 5.82. The fourth-order valence-electron chi connectivity index (χ4n) is 3.88. The molecule has 0 saturated heterocycles. The summed E-state index contributed by atoms with van der Waals surface area (Å²) in [5, 5.41) is 9.47. The maximum absolute atomic E-state index is 13.5. The number of aromatic nitrogens is 2. The van der Waals surface area contributed by atoms with E-state index in [-0.39, 0.29) is 6.03 Å². The quantitative estimate of drug-likeness (QED) is 0.455. The molecule has 1 aromatic heterocycles. The number of amides is 2. The van der Waals surface area contributed by atoms with E-state index in [2.05, 4.69) is 9.99 Å². The third-order valence-corrected chi connectivity index (χ3v) is 11.1. The number of urea groups is 1. The topological polar surface area (TPSA) is 53.4 Å². The molecule has 1 atom stereocenters. The molecule has 1 N–H and O–H groups in total. The molecule has 4 rings (SSSR count). The zero-order chi connectivity index (χ0) is 22.3. The minimum absolute atomic E-state index is 0.307. The fourth-order valence-corrected chi connectivity index (χ4v) is 9.15. The maximum atomic E-state index is 13.5. The van der Waals surface area contributed by atoms with Crippen LogP contribution in [0.5, 0.6) is 0 Å². The lowest BCUT2D eigenvalue weighted by molar-refractivity contribution is 0.259. The smallest absolute Gasteiger partial charge is 0.291 e. The number of hydrogen-bond acceptors (Lipinski definition) is 3. The summed E-state index contributed by atoms with van der Waals surface area (Å²) >= 11 is 18.8. The molecule has 162 valence electrons. The van der Waals surface area contributed by atoms with E-state index in [9.17, 15) is 4.79 Å². The van der Waals surface area contributed by atoms with Crippen LogP contribution in [-0.2, 0) is 11.8 Å². The van der Waals surface area contributed by atoms with E-state index in [1.165, 1.54) is 0 Å². The summed E-state index contributed by atoms with van der Waals surface area (Å²) in [4.78, 5) is 13.5. The number of rotatable bonds is 5. The van der Waals surface area contributed by atoms with Gasteiger partial charge in [0.2, 0.25) is 0 Å². The molecule has 2 amide bonds. The van der Waals surface area contributed by atoms with E-state index >= 15 is 0 Å². The Hall–Kier alpha value is -1.89. The molecule has 0 fully saturated rings. The molecule has 1 aliphatic rings. The van der Waals surface area contributed by atoms with Gasteiger partial charge >= 0.3 is 6.03 Å². The van der Waals surface area contributed by atoms with E-state index in [1.54, 1.807) is 27.6 Å². The minimum atomic E-state index is -2.77. The Balaban J connectivity index is 2.00. The van der Waals surface area contributed by atoms with E-state index in [4.69, 9.17) is 40.1 Å². The van der Waals surface area contributed by atoms with Crippen LogP contribution in [0.4, 0.5) is 16.3 Å². The number of aryl methyl sites for hydroxylation is 1. The van der Waals surface area contributed by atoms with Crippen molar-refractivity contribution in [3.8, 4) is 5.69 Å². The number of halogens is 2. The minimum Gasteiger partial charge on any atom is -0.291 e. The first-order valence-electron chi connectivity index (χ1n) is 9.90. The fraction of sp³-hybridized carbons (Fsp3) is 0.238. The van der Waals surface area contributed by atoms with Crippen LogP contribution in [0.1, 0.15) is 19.5 Å². The van der Waals surface area contributed by atoms with Crippen molar-refractivity contribution in [3.05, 3.63) is 64.3 Å². The third-order valence-electron chi connectivity index (χ3n) is 5.27. The molecule has 1 unspecified atom stereocenters. The number of carbonyl (C=O) groups is 1. The molecule has 1 aliphatic heterocycles. The molecule has 0 bridgehead atoms. The molecular weight excluding hydrogens is 472 g/mol. The molecule has 2 heterocycles. The zero-order valence-electron chi connectivity index (χ0n) is 17.3. The van der Waals surface area contributed by atoms with Crippen molar-refractivity contribution in [3.63, 3.8) is 0 Å². The predicted molar refractivity (Wildman–Crippen MR) is 133 cm³/mol. The Labute approximate surface area is 196 Å². The van der Waals surface area contributed by atoms with Crippen molar-refractivity contribution in [1.82, 2.24) is 14.5 Å². The van der Waals surface area contributed by atoms with Gasteiger partial charge in [-0.1, -0.05) is 67.1 Å². The lowest BCUT2D eigenvalue weighted by atomic mass is 10.3. The second-order valence-electron chi connectivity index (χ2n) is 7.05. The van der Waals surface area contributed by atoms with Crippen molar-refractivity contribution in [2.24, 2.45) is 0 Å². The van der Waals surface area contributed by atoms with Crippen molar-refractivity contribution >= 4 is 64.2 Å². The molecule has 10 heteroatoms. The zero-order valence-corrected chi connectivity index (χ0v) is 20.6. The first-order valence-corrected chi connectivity index (χ1v) is 13.4. The van der Waals surface area contributed by atoms with Crippen LogP contribution in [0.15, 0.2) is 48.5 Å². The summed E-state index contributed by atoms with van der Waals surface area (Å²) in [6.07, 6.45) is -2.77. The Kier molecular flexibility index (Phi) is 6.16. The first kappa shape index (κ1) is 22.3. The number of fused-ring (bicyclic) bond motifs is 1. The van der Waals surface area contributed by atoms with Gasteiger partial charge in [-0.15, -0.1) is 0 Å². The highest BCUT2D eigenvalue weighted by Crippen LogP contribution is 2.59. The van der Waals surface area contributed by atoms with Gasteiger partial charge in [-0.05, 0) is 37.3 Å². The monoisotopic (exact) mass is 493 g/mol. The molecular formula is C21H22Cl2N5OPS. The molecule has 6 nitrogen and oxygen atoms in total. The second-order valence-corrected chi connectivity index (χ2v) is 11.9. The summed E-state index contributed by atoms with van der Waals surface area (Å²) in [7, 11) is 0. The van der Waals surface area contributed by atoms with E-state index in [0.717, 1.165) is 16.7 Å². The molecule has 0 spiro atoms. The summed E-state index contributed by atoms with van der Waals surface area (Å²) < 4.78 is 5.61. The summed E-state index contributed by atoms with van der Waals surface area (Å²) in [5.41, 5.74) is 2.26. The normalized spacial score (nSPS) is 18.3. The van der Waals surface area contributed by atoms with Gasteiger partial charge in [-0.2, -0.15) is 5.10 Å². The number of carbonyl (C=O) groups excluding carboxylic acids is 1. The second kappa shape index (κ2) is 8.57. The van der Waals surface area contributed by atoms with Crippen LogP contribution < -0.4 is 15.3 Å². The van der Waals surface area contributed by atoms with Crippen LogP contribution in [0.2, 0.25) is 10.0 Å². The Morgan fingerprint density at radius 3 is 2.35 bits per heavy atom. The van der Waals surface area contributed by atoms with Crippen molar-refractivity contribution < 1.29 is 4.79 Å². The van der Waals surface area contributed by atoms with Crippen LogP contribution >= 0.6 is 29.5 Å². The molecule has 31 heavy (non-hydrogen) atoms. The highest BCUT2D eigenvalue weighted by molar-refractivity contribution is 8.18. The van der Waals surface area contributed by atoms with Crippen LogP contribution in [0.25, 0.3) is 5.69 Å². The van der Waals surface area contributed by atoms with Crippen LogP contribution in [0, 0.1) is 6.92 Å². The molecule has 0 aliphatic carbocycles. The van der Waals surface area contributed by atoms with Crippen LogP contribution in [-0.4, -0.2) is 33.6 Å². The van der Waals surface area contributed by atoms with E-state index < -0.39 is 6.34 Å². The first-order chi connectivity index (χ1) is 14.8. The van der Waals surface area contributed by atoms with Crippen molar-refractivity contribution in [1.29, 1.82) is 0 Å². The lowest BCUT2D eigenvalue weighted by Crippen LogP contribution is -2.47. The number of nitrogens with zero attached hydrogens (tertiary/aromatic N) is 4. The summed E-state index contributed by atoms with van der Waals surface area (Å²) in [6, 6.07) is 14.6. The van der Waals surface area contributed by atoms with Gasteiger partial charge in [-0.25, -0.2) is 14.1 Å². The largest absolute Gasteiger partial charge is 0.332 e. The van der Waals surface area contributed by atoms with E-state index in [1.807, 2.05) is 51.1 Å². The van der Waals surface area contributed by atoms with Gasteiger partial charge in [0.1, 0.15) is 12.2 Å². The van der Waals surface area contributed by atoms with Gasteiger partial charge in [0, 0.05) is 13.1 Å². The van der Waals surface area contributed by atoms with Gasteiger partial charge < -0.3 is 0 Å². The average molecular weight is 494 g/mol. The van der Waals surface area contributed by atoms with Crippen molar-refractivity contribution in [2.75, 3.05) is 23.1 Å². The number of para-hydroxylation sites is 1. The molecule has 0 radical (unpaired) electrons. The Bertz CT molecular complexity index is 1200. The lowest BCUT2D eigenvalue weighted by Gasteiger charge is -2.44. The number of nitrogens with one attached hydrogen (secondary N) is 1. The van der Waals surface area contributed by atoms with Crippen LogP contribution in [0.3, 0.4) is 0 Å². The number of hydrogen-bond donors (Lipinski definition) is 1. The number of anilines is 2. The molecule has 0 saturated carbocycles. The standard InChI is InChI=1S/C21H22Cl2N5OPS/c1-4-26(5-2)30(31)19-14(3)25-27(15-9-7-6-8-10-15)20(19)24-21(29)28(30)16-11-12-17(22)18(23)13-16/h6-13H,4-5H2,1-3H3,(H,24,29). The maximum Gasteiger partial charge on any atom is 0.332 e. The van der Waals surface area contributed by atoms with Gasteiger partial charge in [-0.3, -0.25) is 9.99 Å². The summed E-state index contributed by atoms with van der Waals surface area (Å²) in [6.45, 7) is 7.41.